The van der Waals surface area contributed by atoms with Gasteiger partial charge in [-0.2, -0.15) is 0 Å². The van der Waals surface area contributed by atoms with Crippen molar-refractivity contribution in [1.29, 1.82) is 0 Å². The van der Waals surface area contributed by atoms with Gasteiger partial charge in [-0.3, -0.25) is 4.79 Å². The van der Waals surface area contributed by atoms with Crippen LogP contribution < -0.4 is 5.32 Å². The number of hydrogen-bond acceptors (Lipinski definition) is 3. The van der Waals surface area contributed by atoms with Crippen molar-refractivity contribution in [2.24, 2.45) is 5.92 Å². The maximum absolute atomic E-state index is 11.8. The van der Waals surface area contributed by atoms with E-state index in [4.69, 9.17) is 0 Å². The first-order valence-corrected chi connectivity index (χ1v) is 6.97. The van der Waals surface area contributed by atoms with E-state index in [1.54, 1.807) is 11.3 Å². The molecule has 0 bridgehead atoms. The van der Waals surface area contributed by atoms with Crippen LogP contribution in [0.3, 0.4) is 0 Å². The molecule has 0 aliphatic carbocycles. The highest BCUT2D eigenvalue weighted by Crippen LogP contribution is 2.18. The molecule has 0 aromatic carbocycles. The molecule has 1 aromatic rings. The number of nitrogens with one attached hydrogen (secondary N) is 1. The number of piperidine rings is 1. The third-order valence-electron chi connectivity index (χ3n) is 3.21. The highest BCUT2D eigenvalue weighted by molar-refractivity contribution is 7.09. The zero-order valence-electron chi connectivity index (χ0n) is 9.58. The van der Waals surface area contributed by atoms with Crippen LogP contribution in [-0.2, 0) is 11.2 Å². The third-order valence-corrected chi connectivity index (χ3v) is 4.14. The summed E-state index contributed by atoms with van der Waals surface area (Å²) >= 11 is 1.75. The van der Waals surface area contributed by atoms with Gasteiger partial charge in [0.1, 0.15) is 5.78 Å². The maximum Gasteiger partial charge on any atom is 0.133 e. The summed E-state index contributed by atoms with van der Waals surface area (Å²) in [6.45, 7) is 2.17. The highest BCUT2D eigenvalue weighted by atomic mass is 32.1. The zero-order valence-corrected chi connectivity index (χ0v) is 10.4. The third kappa shape index (κ3) is 3.72. The van der Waals surface area contributed by atoms with Crippen LogP contribution in [0.15, 0.2) is 17.5 Å². The summed E-state index contributed by atoms with van der Waals surface area (Å²) in [5, 5.41) is 5.41. The first-order chi connectivity index (χ1) is 7.84. The van der Waals surface area contributed by atoms with Gasteiger partial charge in [0.05, 0.1) is 0 Å². The Balaban J connectivity index is 1.67. The first kappa shape index (κ1) is 11.8. The first-order valence-electron chi connectivity index (χ1n) is 6.09. The van der Waals surface area contributed by atoms with Crippen molar-refractivity contribution in [1.82, 2.24) is 5.32 Å². The molecule has 0 unspecified atom stereocenters. The van der Waals surface area contributed by atoms with Crippen molar-refractivity contribution < 1.29 is 4.79 Å². The van der Waals surface area contributed by atoms with Crippen LogP contribution in [0.1, 0.15) is 30.6 Å². The number of thiophene rings is 1. The molecular formula is C13H19NOS. The second-order valence-electron chi connectivity index (χ2n) is 4.52. The van der Waals surface area contributed by atoms with Gasteiger partial charge in [-0.1, -0.05) is 6.07 Å². The fourth-order valence-corrected chi connectivity index (χ4v) is 2.94. The monoisotopic (exact) mass is 237 g/mol. The molecule has 88 valence electrons. The predicted octanol–water partition coefficient (Wildman–Crippen LogP) is 2.64. The number of carbonyl (C=O) groups excluding carboxylic acids is 1. The van der Waals surface area contributed by atoms with E-state index in [2.05, 4.69) is 22.8 Å². The lowest BCUT2D eigenvalue weighted by Crippen LogP contribution is -2.28. The Morgan fingerprint density at radius 2 is 2.25 bits per heavy atom. The maximum atomic E-state index is 11.8. The Bertz CT molecular complexity index is 315. The molecular weight excluding hydrogens is 218 g/mol. The average Bonchev–Trinajstić information content (AvgIpc) is 2.81. The van der Waals surface area contributed by atoms with Crippen LogP contribution in [0.2, 0.25) is 0 Å². The molecule has 1 N–H and O–H groups in total. The van der Waals surface area contributed by atoms with E-state index in [0.717, 1.165) is 32.4 Å². The van der Waals surface area contributed by atoms with Crippen LogP contribution in [-0.4, -0.2) is 18.9 Å². The molecule has 0 radical (unpaired) electrons. The summed E-state index contributed by atoms with van der Waals surface area (Å²) in [4.78, 5) is 13.1. The summed E-state index contributed by atoms with van der Waals surface area (Å²) < 4.78 is 0. The van der Waals surface area contributed by atoms with Crippen molar-refractivity contribution in [3.05, 3.63) is 22.4 Å². The fraction of sp³-hybridized carbons (Fsp3) is 0.615. The van der Waals surface area contributed by atoms with E-state index < -0.39 is 0 Å². The number of ketones is 1. The number of Topliss-reactive ketones (excluding diaryl/α,β-unsaturated/α-hetero) is 1. The standard InChI is InChI=1S/C13H19NOS/c15-12(3-4-13-2-1-9-16-13)10-11-5-7-14-8-6-11/h1-2,9,11,14H,3-8,10H2. The smallest absolute Gasteiger partial charge is 0.133 e. The lowest BCUT2D eigenvalue weighted by molar-refractivity contribution is -0.120. The minimum Gasteiger partial charge on any atom is -0.317 e. The van der Waals surface area contributed by atoms with Crippen molar-refractivity contribution in [2.75, 3.05) is 13.1 Å². The van der Waals surface area contributed by atoms with E-state index in [1.165, 1.54) is 17.7 Å². The molecule has 0 amide bonds. The Morgan fingerprint density at radius 1 is 1.44 bits per heavy atom. The number of carbonyl (C=O) groups is 1. The molecule has 0 atom stereocenters. The largest absolute Gasteiger partial charge is 0.317 e. The van der Waals surface area contributed by atoms with Gasteiger partial charge >= 0.3 is 0 Å². The van der Waals surface area contributed by atoms with Gasteiger partial charge in [0, 0.05) is 17.7 Å². The van der Waals surface area contributed by atoms with E-state index in [9.17, 15) is 4.79 Å². The van der Waals surface area contributed by atoms with Crippen LogP contribution >= 0.6 is 11.3 Å². The molecule has 1 aliphatic rings. The summed E-state index contributed by atoms with van der Waals surface area (Å²) in [6, 6.07) is 4.17. The van der Waals surface area contributed by atoms with Gasteiger partial charge in [0.2, 0.25) is 0 Å². The number of rotatable bonds is 5. The molecule has 1 saturated heterocycles. The molecule has 3 heteroatoms. The van der Waals surface area contributed by atoms with Gasteiger partial charge in [-0.05, 0) is 49.7 Å². The topological polar surface area (TPSA) is 29.1 Å². The van der Waals surface area contributed by atoms with Crippen LogP contribution in [0, 0.1) is 5.92 Å². The van der Waals surface area contributed by atoms with E-state index >= 15 is 0 Å². The minimum atomic E-state index is 0.445. The zero-order chi connectivity index (χ0) is 11.2. The summed E-state index contributed by atoms with van der Waals surface area (Å²) in [6.07, 6.45) is 4.80. The fourth-order valence-electron chi connectivity index (χ4n) is 2.23. The minimum absolute atomic E-state index is 0.445. The van der Waals surface area contributed by atoms with E-state index in [1.807, 2.05) is 0 Å². The Kier molecular flexibility index (Phi) is 4.55. The molecule has 1 aromatic heterocycles. The molecule has 2 nitrogen and oxygen atoms in total. The predicted molar refractivity (Wildman–Crippen MR) is 67.9 cm³/mol. The Morgan fingerprint density at radius 3 is 2.94 bits per heavy atom. The van der Waals surface area contributed by atoms with Gasteiger partial charge in [-0.15, -0.1) is 11.3 Å². The summed E-state index contributed by atoms with van der Waals surface area (Å²) in [7, 11) is 0. The van der Waals surface area contributed by atoms with Crippen molar-refractivity contribution in [3.8, 4) is 0 Å². The lowest BCUT2D eigenvalue weighted by atomic mass is 9.91. The average molecular weight is 237 g/mol. The summed E-state index contributed by atoms with van der Waals surface area (Å²) in [5.41, 5.74) is 0. The number of hydrogen-bond donors (Lipinski definition) is 1. The molecule has 2 rings (SSSR count). The second-order valence-corrected chi connectivity index (χ2v) is 5.55. The number of aryl methyl sites for hydroxylation is 1. The molecule has 1 aliphatic heterocycles. The van der Waals surface area contributed by atoms with Crippen molar-refractivity contribution in [3.63, 3.8) is 0 Å². The van der Waals surface area contributed by atoms with E-state index in [0.29, 0.717) is 11.7 Å². The molecule has 1 fully saturated rings. The highest BCUT2D eigenvalue weighted by Gasteiger charge is 2.16. The Hall–Kier alpha value is -0.670. The summed E-state index contributed by atoms with van der Waals surface area (Å²) in [5.74, 6) is 1.08. The normalized spacial score (nSPS) is 17.5. The molecule has 0 saturated carbocycles. The van der Waals surface area contributed by atoms with Crippen LogP contribution in [0.25, 0.3) is 0 Å². The van der Waals surface area contributed by atoms with Crippen molar-refractivity contribution >= 4 is 17.1 Å². The van der Waals surface area contributed by atoms with Crippen molar-refractivity contribution in [2.45, 2.75) is 32.1 Å². The molecule has 0 spiro atoms. The van der Waals surface area contributed by atoms with Gasteiger partial charge in [-0.25, -0.2) is 0 Å². The van der Waals surface area contributed by atoms with Gasteiger partial charge in [0.25, 0.3) is 0 Å². The molecule has 16 heavy (non-hydrogen) atoms. The Labute approximate surface area is 101 Å². The van der Waals surface area contributed by atoms with Gasteiger partial charge in [0.15, 0.2) is 0 Å². The van der Waals surface area contributed by atoms with Gasteiger partial charge < -0.3 is 5.32 Å². The van der Waals surface area contributed by atoms with Crippen LogP contribution in [0.4, 0.5) is 0 Å². The molecule has 2 heterocycles. The second kappa shape index (κ2) is 6.16. The quantitative estimate of drug-likeness (QED) is 0.853. The van der Waals surface area contributed by atoms with Crippen LogP contribution in [0.5, 0.6) is 0 Å². The SMILES string of the molecule is O=C(CCc1cccs1)CC1CCNCC1. The lowest BCUT2D eigenvalue weighted by Gasteiger charge is -2.21. The van der Waals surface area contributed by atoms with E-state index in [-0.39, 0.29) is 0 Å².